The molecule has 3 heteroatoms. The summed E-state index contributed by atoms with van der Waals surface area (Å²) in [5, 5.41) is 3.44. The van der Waals surface area contributed by atoms with Crippen LogP contribution in [0.15, 0.2) is 0 Å². The molecular formula is C15H24N2O. The molecule has 18 heavy (non-hydrogen) atoms. The van der Waals surface area contributed by atoms with E-state index < -0.39 is 0 Å². The van der Waals surface area contributed by atoms with Crippen LogP contribution in [0.5, 0.6) is 0 Å². The largest absolute Gasteiger partial charge is 0.330 e. The number of carbonyl (C=O) groups excluding carboxylic acids is 1. The zero-order chi connectivity index (χ0) is 13.0. The third-order valence-corrected chi connectivity index (χ3v) is 4.07. The van der Waals surface area contributed by atoms with Crippen LogP contribution >= 0.6 is 0 Å². The monoisotopic (exact) mass is 248 g/mol. The molecule has 2 fully saturated rings. The van der Waals surface area contributed by atoms with E-state index in [0.717, 1.165) is 38.8 Å². The Morgan fingerprint density at radius 1 is 1.56 bits per heavy atom. The second kappa shape index (κ2) is 5.75. The Morgan fingerprint density at radius 2 is 2.33 bits per heavy atom. The fourth-order valence-corrected chi connectivity index (χ4v) is 2.98. The number of hydrogen-bond donors (Lipinski definition) is 1. The van der Waals surface area contributed by atoms with Crippen LogP contribution in [0.25, 0.3) is 0 Å². The van der Waals surface area contributed by atoms with Crippen LogP contribution < -0.4 is 5.32 Å². The van der Waals surface area contributed by atoms with E-state index in [1.54, 1.807) is 0 Å². The average Bonchev–Trinajstić information content (AvgIpc) is 3.05. The zero-order valence-electron chi connectivity index (χ0n) is 11.4. The average molecular weight is 248 g/mol. The van der Waals surface area contributed by atoms with E-state index >= 15 is 0 Å². The molecule has 100 valence electrons. The van der Waals surface area contributed by atoms with Crippen molar-refractivity contribution in [2.45, 2.75) is 51.0 Å². The van der Waals surface area contributed by atoms with Gasteiger partial charge in [0.05, 0.1) is 12.1 Å². The van der Waals surface area contributed by atoms with Crippen LogP contribution in [-0.4, -0.2) is 36.0 Å². The smallest absolute Gasteiger partial charge is 0.243 e. The topological polar surface area (TPSA) is 32.3 Å². The summed E-state index contributed by atoms with van der Waals surface area (Å²) in [6, 6.07) is 0. The van der Waals surface area contributed by atoms with Crippen molar-refractivity contribution in [1.82, 2.24) is 10.2 Å². The van der Waals surface area contributed by atoms with Crippen LogP contribution in [0.2, 0.25) is 0 Å². The molecule has 1 atom stereocenters. The molecule has 1 N–H and O–H groups in total. The molecule has 0 spiro atoms. The molecule has 0 aromatic heterocycles. The lowest BCUT2D eigenvalue weighted by atomic mass is 9.90. The molecule has 3 nitrogen and oxygen atoms in total. The molecule has 0 radical (unpaired) electrons. The lowest BCUT2D eigenvalue weighted by Crippen LogP contribution is -2.55. The summed E-state index contributed by atoms with van der Waals surface area (Å²) in [5.74, 6) is 3.58. The predicted octanol–water partition coefficient (Wildman–Crippen LogP) is 1.78. The van der Waals surface area contributed by atoms with Gasteiger partial charge in [-0.25, -0.2) is 0 Å². The lowest BCUT2D eigenvalue weighted by Gasteiger charge is -2.34. The summed E-state index contributed by atoms with van der Waals surface area (Å²) in [7, 11) is 0. The SMILES string of the molecule is C#CCN(CC1CC1)C(=O)C1(CCC)CCCN1. The third-order valence-electron chi connectivity index (χ3n) is 4.07. The Kier molecular flexibility index (Phi) is 4.29. The highest BCUT2D eigenvalue weighted by Gasteiger charge is 2.43. The van der Waals surface area contributed by atoms with Gasteiger partial charge in [0.2, 0.25) is 5.91 Å². The minimum atomic E-state index is -0.319. The van der Waals surface area contributed by atoms with Gasteiger partial charge in [0, 0.05) is 6.54 Å². The Balaban J connectivity index is 2.06. The molecule has 1 saturated carbocycles. The van der Waals surface area contributed by atoms with E-state index in [1.165, 1.54) is 12.8 Å². The normalized spacial score (nSPS) is 26.9. The van der Waals surface area contributed by atoms with Crippen molar-refractivity contribution in [1.29, 1.82) is 0 Å². The first-order valence-corrected chi connectivity index (χ1v) is 7.19. The van der Waals surface area contributed by atoms with Gasteiger partial charge in [-0.2, -0.15) is 0 Å². The van der Waals surface area contributed by atoms with E-state index in [9.17, 15) is 4.79 Å². The van der Waals surface area contributed by atoms with E-state index in [1.807, 2.05) is 4.90 Å². The van der Waals surface area contributed by atoms with Crippen molar-refractivity contribution >= 4 is 5.91 Å². The van der Waals surface area contributed by atoms with Crippen molar-refractivity contribution in [2.75, 3.05) is 19.6 Å². The van der Waals surface area contributed by atoms with Gasteiger partial charge in [-0.05, 0) is 44.6 Å². The van der Waals surface area contributed by atoms with Crippen LogP contribution in [0, 0.1) is 18.3 Å². The maximum atomic E-state index is 12.8. The molecule has 1 aliphatic heterocycles. The van der Waals surface area contributed by atoms with Gasteiger partial charge < -0.3 is 10.2 Å². The number of carbonyl (C=O) groups is 1. The maximum absolute atomic E-state index is 12.8. The first-order chi connectivity index (χ1) is 8.72. The highest BCUT2D eigenvalue weighted by atomic mass is 16.2. The fraction of sp³-hybridized carbons (Fsp3) is 0.800. The Bertz CT molecular complexity index is 335. The predicted molar refractivity (Wildman–Crippen MR) is 73.0 cm³/mol. The van der Waals surface area contributed by atoms with E-state index in [4.69, 9.17) is 6.42 Å². The van der Waals surface area contributed by atoms with Gasteiger partial charge in [0.1, 0.15) is 0 Å². The van der Waals surface area contributed by atoms with Gasteiger partial charge in [-0.15, -0.1) is 6.42 Å². The number of terminal acetylenes is 1. The van der Waals surface area contributed by atoms with Crippen molar-refractivity contribution in [2.24, 2.45) is 5.92 Å². The molecular weight excluding hydrogens is 224 g/mol. The number of nitrogens with zero attached hydrogens (tertiary/aromatic N) is 1. The first kappa shape index (κ1) is 13.4. The van der Waals surface area contributed by atoms with Crippen molar-refractivity contribution in [3.63, 3.8) is 0 Å². The van der Waals surface area contributed by atoms with Crippen LogP contribution in [0.3, 0.4) is 0 Å². The van der Waals surface area contributed by atoms with Crippen LogP contribution in [-0.2, 0) is 4.79 Å². The molecule has 1 unspecified atom stereocenters. The quantitative estimate of drug-likeness (QED) is 0.727. The summed E-state index contributed by atoms with van der Waals surface area (Å²) in [5.41, 5.74) is -0.319. The number of nitrogens with one attached hydrogen (secondary N) is 1. The van der Waals surface area contributed by atoms with Gasteiger partial charge in [0.15, 0.2) is 0 Å². The Hall–Kier alpha value is -1.01. The highest BCUT2D eigenvalue weighted by molar-refractivity contribution is 5.87. The molecule has 0 aromatic rings. The summed E-state index contributed by atoms with van der Waals surface area (Å²) in [4.78, 5) is 14.7. The van der Waals surface area contributed by atoms with E-state index in [-0.39, 0.29) is 11.4 Å². The third kappa shape index (κ3) is 2.87. The molecule has 1 aliphatic carbocycles. The van der Waals surface area contributed by atoms with Crippen molar-refractivity contribution < 1.29 is 4.79 Å². The second-order valence-corrected chi connectivity index (χ2v) is 5.70. The molecule has 1 saturated heterocycles. The molecule has 2 rings (SSSR count). The summed E-state index contributed by atoms with van der Waals surface area (Å²) < 4.78 is 0. The van der Waals surface area contributed by atoms with Crippen LogP contribution in [0.4, 0.5) is 0 Å². The summed E-state index contributed by atoms with van der Waals surface area (Å²) in [6.07, 6.45) is 11.9. The number of rotatable bonds is 6. The number of amides is 1. The highest BCUT2D eigenvalue weighted by Crippen LogP contribution is 2.32. The van der Waals surface area contributed by atoms with Crippen molar-refractivity contribution in [3.8, 4) is 12.3 Å². The maximum Gasteiger partial charge on any atom is 0.243 e. The minimum Gasteiger partial charge on any atom is -0.330 e. The first-order valence-electron chi connectivity index (χ1n) is 7.19. The van der Waals surface area contributed by atoms with Gasteiger partial charge >= 0.3 is 0 Å². The lowest BCUT2D eigenvalue weighted by molar-refractivity contribution is -0.137. The molecule has 2 aliphatic rings. The molecule has 0 aromatic carbocycles. The Labute approximate surface area is 110 Å². The summed E-state index contributed by atoms with van der Waals surface area (Å²) >= 11 is 0. The van der Waals surface area contributed by atoms with Crippen LogP contribution in [0.1, 0.15) is 45.4 Å². The standard InChI is InChI=1S/C15H24N2O/c1-3-8-15(9-5-10-16-15)14(18)17(11-4-2)12-13-6-7-13/h2,13,16H,3,5-12H2,1H3. The fourth-order valence-electron chi connectivity index (χ4n) is 2.98. The van der Waals surface area contributed by atoms with Gasteiger partial charge in [-0.3, -0.25) is 4.79 Å². The molecule has 1 heterocycles. The molecule has 0 bridgehead atoms. The van der Waals surface area contributed by atoms with Crippen molar-refractivity contribution in [3.05, 3.63) is 0 Å². The molecule has 1 amide bonds. The Morgan fingerprint density at radius 3 is 2.83 bits per heavy atom. The van der Waals surface area contributed by atoms with E-state index in [0.29, 0.717) is 12.5 Å². The minimum absolute atomic E-state index is 0.242. The zero-order valence-corrected chi connectivity index (χ0v) is 11.4. The van der Waals surface area contributed by atoms with Gasteiger partial charge in [-0.1, -0.05) is 19.3 Å². The summed E-state index contributed by atoms with van der Waals surface area (Å²) in [6.45, 7) is 4.42. The number of hydrogen-bond acceptors (Lipinski definition) is 2. The second-order valence-electron chi connectivity index (χ2n) is 5.70. The van der Waals surface area contributed by atoms with Gasteiger partial charge in [0.25, 0.3) is 0 Å². The van der Waals surface area contributed by atoms with E-state index in [2.05, 4.69) is 18.2 Å².